The van der Waals surface area contributed by atoms with Gasteiger partial charge in [-0.1, -0.05) is 53.2 Å². The summed E-state index contributed by atoms with van der Waals surface area (Å²) in [5.74, 6) is 0.951. The Balaban J connectivity index is 1.63. The number of thioether (sulfide) groups is 1. The topological polar surface area (TPSA) is 33.5 Å². The lowest BCUT2D eigenvalue weighted by Crippen LogP contribution is -2.27. The Morgan fingerprint density at radius 1 is 1.03 bits per heavy atom. The molecule has 0 bridgehead atoms. The first-order valence-electron chi connectivity index (χ1n) is 8.74. The molecule has 146 valence electrons. The van der Waals surface area contributed by atoms with Crippen molar-refractivity contribution in [3.8, 4) is 11.3 Å². The standard InChI is InChI=1S/C22H15Cl2NO2S2/c1-12-3-5-15(9-13(12)2)25-21(26)20(29-22(25)28)11-16-6-8-19(27-16)17-10-14(23)4-7-18(17)24/h3-11H,1-2H3/b20-11+. The summed E-state index contributed by atoms with van der Waals surface area (Å²) in [6.45, 7) is 4.04. The molecular weight excluding hydrogens is 445 g/mol. The highest BCUT2D eigenvalue weighted by molar-refractivity contribution is 8.27. The minimum absolute atomic E-state index is 0.165. The zero-order valence-corrected chi connectivity index (χ0v) is 18.7. The molecule has 0 saturated carbocycles. The van der Waals surface area contributed by atoms with Crippen LogP contribution in [0.2, 0.25) is 10.0 Å². The van der Waals surface area contributed by atoms with Crippen molar-refractivity contribution in [2.45, 2.75) is 13.8 Å². The quantitative estimate of drug-likeness (QED) is 0.304. The number of rotatable bonds is 3. The van der Waals surface area contributed by atoms with Gasteiger partial charge in [0.15, 0.2) is 4.32 Å². The molecule has 0 unspecified atom stereocenters. The maximum Gasteiger partial charge on any atom is 0.270 e. The van der Waals surface area contributed by atoms with Crippen LogP contribution in [0.15, 0.2) is 57.9 Å². The first kappa shape index (κ1) is 20.2. The zero-order chi connectivity index (χ0) is 20.7. The van der Waals surface area contributed by atoms with Crippen molar-refractivity contribution in [1.82, 2.24) is 0 Å². The molecule has 1 saturated heterocycles. The third kappa shape index (κ3) is 4.01. The van der Waals surface area contributed by atoms with Gasteiger partial charge in [0.25, 0.3) is 5.91 Å². The minimum atomic E-state index is -0.165. The number of carbonyl (C=O) groups is 1. The van der Waals surface area contributed by atoms with Crippen molar-refractivity contribution in [1.29, 1.82) is 0 Å². The molecule has 1 fully saturated rings. The third-order valence-electron chi connectivity index (χ3n) is 4.64. The SMILES string of the molecule is Cc1ccc(N2C(=O)/C(=C\c3ccc(-c4cc(Cl)ccc4Cl)o3)SC2=S)cc1C. The summed E-state index contributed by atoms with van der Waals surface area (Å²) in [5, 5.41) is 1.10. The number of hydrogen-bond donors (Lipinski definition) is 0. The summed E-state index contributed by atoms with van der Waals surface area (Å²) in [7, 11) is 0. The molecule has 2 aromatic carbocycles. The highest BCUT2D eigenvalue weighted by atomic mass is 35.5. The summed E-state index contributed by atoms with van der Waals surface area (Å²) in [5.41, 5.74) is 3.73. The normalized spacial score (nSPS) is 15.6. The molecular formula is C22H15Cl2NO2S2. The third-order valence-corrected chi connectivity index (χ3v) is 6.50. The first-order chi connectivity index (χ1) is 13.8. The number of halogens is 2. The van der Waals surface area contributed by atoms with Gasteiger partial charge >= 0.3 is 0 Å². The lowest BCUT2D eigenvalue weighted by atomic mass is 10.1. The average molecular weight is 460 g/mol. The molecule has 1 aliphatic rings. The molecule has 1 amide bonds. The largest absolute Gasteiger partial charge is 0.457 e. The van der Waals surface area contributed by atoms with Crippen LogP contribution in [-0.2, 0) is 4.79 Å². The van der Waals surface area contributed by atoms with Gasteiger partial charge in [-0.15, -0.1) is 0 Å². The molecule has 7 heteroatoms. The molecule has 0 atom stereocenters. The van der Waals surface area contributed by atoms with Crippen LogP contribution >= 0.6 is 47.2 Å². The zero-order valence-electron chi connectivity index (χ0n) is 15.5. The predicted octanol–water partition coefficient (Wildman–Crippen LogP) is 7.28. The van der Waals surface area contributed by atoms with E-state index in [-0.39, 0.29) is 5.91 Å². The summed E-state index contributed by atoms with van der Waals surface area (Å²) in [4.78, 5) is 15.0. The maximum atomic E-state index is 13.0. The fraction of sp³-hybridized carbons (Fsp3) is 0.0909. The molecule has 1 aromatic heterocycles. The van der Waals surface area contributed by atoms with Crippen molar-refractivity contribution in [3.63, 3.8) is 0 Å². The second-order valence-electron chi connectivity index (χ2n) is 6.61. The van der Waals surface area contributed by atoms with Gasteiger partial charge in [0.1, 0.15) is 11.5 Å². The second kappa shape index (κ2) is 8.00. The summed E-state index contributed by atoms with van der Waals surface area (Å²) in [6, 6.07) is 14.6. The van der Waals surface area contributed by atoms with E-state index in [1.54, 1.807) is 41.3 Å². The molecule has 0 N–H and O–H groups in total. The summed E-state index contributed by atoms with van der Waals surface area (Å²) >= 11 is 19.0. The number of benzene rings is 2. The van der Waals surface area contributed by atoms with Crippen LogP contribution in [0.3, 0.4) is 0 Å². The van der Waals surface area contributed by atoms with E-state index >= 15 is 0 Å². The van der Waals surface area contributed by atoms with Crippen LogP contribution in [-0.4, -0.2) is 10.2 Å². The van der Waals surface area contributed by atoms with Crippen LogP contribution in [0.4, 0.5) is 5.69 Å². The lowest BCUT2D eigenvalue weighted by molar-refractivity contribution is -0.113. The molecule has 3 nitrogen and oxygen atoms in total. The highest BCUT2D eigenvalue weighted by Crippen LogP contribution is 2.38. The maximum absolute atomic E-state index is 13.0. The Morgan fingerprint density at radius 2 is 1.83 bits per heavy atom. The van der Waals surface area contributed by atoms with Crippen LogP contribution in [0.1, 0.15) is 16.9 Å². The van der Waals surface area contributed by atoms with Gasteiger partial charge in [-0.2, -0.15) is 0 Å². The number of thiocarbonyl (C=S) groups is 1. The van der Waals surface area contributed by atoms with E-state index in [1.807, 2.05) is 32.0 Å². The van der Waals surface area contributed by atoms with Crippen molar-refractivity contribution in [3.05, 3.63) is 80.4 Å². The molecule has 29 heavy (non-hydrogen) atoms. The molecule has 0 aliphatic carbocycles. The van der Waals surface area contributed by atoms with E-state index in [2.05, 4.69) is 0 Å². The van der Waals surface area contributed by atoms with Crippen molar-refractivity contribution < 1.29 is 9.21 Å². The number of hydrogen-bond acceptors (Lipinski definition) is 4. The van der Waals surface area contributed by atoms with E-state index < -0.39 is 0 Å². The van der Waals surface area contributed by atoms with E-state index in [4.69, 9.17) is 39.8 Å². The fourth-order valence-electron chi connectivity index (χ4n) is 2.95. The predicted molar refractivity (Wildman–Crippen MR) is 126 cm³/mol. The fourth-order valence-corrected chi connectivity index (χ4v) is 4.61. The minimum Gasteiger partial charge on any atom is -0.457 e. The highest BCUT2D eigenvalue weighted by Gasteiger charge is 2.33. The van der Waals surface area contributed by atoms with Gasteiger partial charge in [0.2, 0.25) is 0 Å². The Hall–Kier alpha value is -2.05. The first-order valence-corrected chi connectivity index (χ1v) is 10.7. The monoisotopic (exact) mass is 459 g/mol. The van der Waals surface area contributed by atoms with Gasteiger partial charge in [-0.3, -0.25) is 9.69 Å². The van der Waals surface area contributed by atoms with Gasteiger partial charge in [0.05, 0.1) is 15.6 Å². The molecule has 3 aromatic rings. The van der Waals surface area contributed by atoms with Gasteiger partial charge in [-0.05, 0) is 67.4 Å². The average Bonchev–Trinajstić information content (AvgIpc) is 3.24. The van der Waals surface area contributed by atoms with Crippen molar-refractivity contribution in [2.24, 2.45) is 0 Å². The summed E-state index contributed by atoms with van der Waals surface area (Å²) in [6.07, 6.45) is 1.70. The molecule has 1 aliphatic heterocycles. The molecule has 2 heterocycles. The van der Waals surface area contributed by atoms with Gasteiger partial charge in [-0.25, -0.2) is 0 Å². The number of aryl methyl sites for hydroxylation is 2. The Kier molecular flexibility index (Phi) is 5.58. The van der Waals surface area contributed by atoms with E-state index in [0.717, 1.165) is 16.8 Å². The van der Waals surface area contributed by atoms with Crippen LogP contribution in [0.5, 0.6) is 0 Å². The van der Waals surface area contributed by atoms with Crippen molar-refractivity contribution >= 4 is 69.2 Å². The number of anilines is 1. The second-order valence-corrected chi connectivity index (χ2v) is 9.13. The lowest BCUT2D eigenvalue weighted by Gasteiger charge is -2.15. The van der Waals surface area contributed by atoms with Crippen LogP contribution in [0.25, 0.3) is 17.4 Å². The number of carbonyl (C=O) groups excluding carboxylic acids is 1. The Labute approximate surface area is 188 Å². The number of nitrogens with zero attached hydrogens (tertiary/aromatic N) is 1. The molecule has 0 spiro atoms. The smallest absolute Gasteiger partial charge is 0.270 e. The van der Waals surface area contributed by atoms with Crippen LogP contribution < -0.4 is 4.90 Å². The van der Waals surface area contributed by atoms with E-state index in [1.165, 1.54) is 11.8 Å². The van der Waals surface area contributed by atoms with Crippen molar-refractivity contribution in [2.75, 3.05) is 4.90 Å². The van der Waals surface area contributed by atoms with E-state index in [0.29, 0.717) is 36.4 Å². The van der Waals surface area contributed by atoms with Gasteiger partial charge in [0, 0.05) is 16.7 Å². The van der Waals surface area contributed by atoms with E-state index in [9.17, 15) is 4.79 Å². The van der Waals surface area contributed by atoms with Crippen LogP contribution in [0, 0.1) is 13.8 Å². The Bertz CT molecular complexity index is 1180. The number of amides is 1. The number of furan rings is 1. The molecule has 4 rings (SSSR count). The Morgan fingerprint density at radius 3 is 2.59 bits per heavy atom. The summed E-state index contributed by atoms with van der Waals surface area (Å²) < 4.78 is 6.37. The molecule has 0 radical (unpaired) electrons. The van der Waals surface area contributed by atoms with Gasteiger partial charge < -0.3 is 4.42 Å².